The van der Waals surface area contributed by atoms with E-state index in [0.29, 0.717) is 12.6 Å². The van der Waals surface area contributed by atoms with Crippen molar-refractivity contribution in [2.45, 2.75) is 38.4 Å². The molecule has 4 rings (SSSR count). The quantitative estimate of drug-likeness (QED) is 0.649. The van der Waals surface area contributed by atoms with Crippen LogP contribution in [0.5, 0.6) is 5.75 Å². The van der Waals surface area contributed by atoms with E-state index in [0.717, 1.165) is 33.3 Å². The summed E-state index contributed by atoms with van der Waals surface area (Å²) in [7, 11) is 0. The van der Waals surface area contributed by atoms with Gasteiger partial charge in [0.05, 0.1) is 22.8 Å². The highest BCUT2D eigenvalue weighted by atomic mass is 79.9. The smallest absolute Gasteiger partial charge is 0.160 e. The predicted octanol–water partition coefficient (Wildman–Crippen LogP) is 5.22. The van der Waals surface area contributed by atoms with Crippen LogP contribution < -0.4 is 4.74 Å². The minimum atomic E-state index is 0.0258. The van der Waals surface area contributed by atoms with Crippen LogP contribution in [0.15, 0.2) is 52.1 Å². The van der Waals surface area contributed by atoms with E-state index in [4.69, 9.17) is 9.73 Å². The Balaban J connectivity index is 1.76. The maximum Gasteiger partial charge on any atom is 0.160 e. The fraction of sp³-hybridized carbons (Fsp3) is 0.400. The molecule has 26 heavy (non-hydrogen) atoms. The van der Waals surface area contributed by atoms with E-state index in [1.807, 2.05) is 37.0 Å². The van der Waals surface area contributed by atoms with Gasteiger partial charge in [0.1, 0.15) is 11.8 Å². The van der Waals surface area contributed by atoms with E-state index in [1.165, 1.54) is 5.56 Å². The standard InChI is InChI=1S/C20H22BrN3OS/c1-3-14-12-26-20-23-18(16-7-5-6-10-22-16)19(24(14)20)13-8-9-17(25-4-2)15(21)11-13/h5-11,14,18-19H,3-4,12H2,1-2H3/t14-,18-,19+/m1/s1. The number of ether oxygens (including phenoxy) is 1. The Hall–Kier alpha value is -1.53. The normalized spacial score (nSPS) is 24.5. The highest BCUT2D eigenvalue weighted by molar-refractivity contribution is 9.10. The lowest BCUT2D eigenvalue weighted by Crippen LogP contribution is -2.35. The summed E-state index contributed by atoms with van der Waals surface area (Å²) < 4.78 is 6.68. The second-order valence-electron chi connectivity index (χ2n) is 6.46. The molecule has 1 aromatic carbocycles. The van der Waals surface area contributed by atoms with Crippen molar-refractivity contribution in [1.29, 1.82) is 0 Å². The molecule has 0 saturated carbocycles. The lowest BCUT2D eigenvalue weighted by molar-refractivity contribution is 0.255. The SMILES string of the molecule is CCOc1ccc([C@H]2[C@@H](c3ccccn3)N=C3SC[C@@H](CC)N32)cc1Br. The van der Waals surface area contributed by atoms with E-state index in [9.17, 15) is 0 Å². The molecule has 2 aromatic rings. The van der Waals surface area contributed by atoms with Crippen molar-refractivity contribution < 1.29 is 4.74 Å². The summed E-state index contributed by atoms with van der Waals surface area (Å²) in [6.07, 6.45) is 2.98. The number of aliphatic imine (C=N–C) groups is 1. The summed E-state index contributed by atoms with van der Waals surface area (Å²) in [4.78, 5) is 12.2. The van der Waals surface area contributed by atoms with Gasteiger partial charge in [-0.1, -0.05) is 30.8 Å². The molecule has 3 atom stereocenters. The molecular weight excluding hydrogens is 410 g/mol. The second-order valence-corrected chi connectivity index (χ2v) is 8.30. The van der Waals surface area contributed by atoms with Crippen molar-refractivity contribution in [1.82, 2.24) is 9.88 Å². The van der Waals surface area contributed by atoms with Gasteiger partial charge in [-0.2, -0.15) is 0 Å². The van der Waals surface area contributed by atoms with E-state index >= 15 is 0 Å². The van der Waals surface area contributed by atoms with Crippen molar-refractivity contribution in [2.75, 3.05) is 12.4 Å². The molecule has 136 valence electrons. The molecule has 0 bridgehead atoms. The van der Waals surface area contributed by atoms with Gasteiger partial charge >= 0.3 is 0 Å². The Labute approximate surface area is 167 Å². The lowest BCUT2D eigenvalue weighted by Gasteiger charge is -2.32. The van der Waals surface area contributed by atoms with Crippen LogP contribution in [-0.4, -0.2) is 33.5 Å². The zero-order chi connectivity index (χ0) is 18.1. The Morgan fingerprint density at radius 2 is 2.15 bits per heavy atom. The van der Waals surface area contributed by atoms with Crippen molar-refractivity contribution in [3.8, 4) is 5.75 Å². The van der Waals surface area contributed by atoms with Gasteiger partial charge < -0.3 is 9.64 Å². The van der Waals surface area contributed by atoms with Crippen LogP contribution >= 0.6 is 27.7 Å². The Morgan fingerprint density at radius 1 is 1.27 bits per heavy atom. The first-order chi connectivity index (χ1) is 12.7. The van der Waals surface area contributed by atoms with Crippen LogP contribution in [0.1, 0.15) is 43.6 Å². The third-order valence-electron chi connectivity index (χ3n) is 4.93. The molecule has 2 aliphatic heterocycles. The maximum atomic E-state index is 5.69. The first-order valence-corrected chi connectivity index (χ1v) is 10.8. The first-order valence-electron chi connectivity index (χ1n) is 9.05. The van der Waals surface area contributed by atoms with Crippen LogP contribution in [0.2, 0.25) is 0 Å². The molecule has 2 aliphatic rings. The van der Waals surface area contributed by atoms with Crippen LogP contribution in [0.4, 0.5) is 0 Å². The Kier molecular flexibility index (Phi) is 5.23. The Bertz CT molecular complexity index is 814. The first kappa shape index (κ1) is 17.9. The molecule has 4 nitrogen and oxygen atoms in total. The van der Waals surface area contributed by atoms with Gasteiger partial charge in [0.25, 0.3) is 0 Å². The van der Waals surface area contributed by atoms with Gasteiger partial charge in [0.2, 0.25) is 0 Å². The monoisotopic (exact) mass is 431 g/mol. The van der Waals surface area contributed by atoms with Crippen LogP contribution in [0, 0.1) is 0 Å². The maximum absolute atomic E-state index is 5.69. The van der Waals surface area contributed by atoms with E-state index in [1.54, 1.807) is 0 Å². The number of hydrogen-bond acceptors (Lipinski definition) is 5. The van der Waals surface area contributed by atoms with Gasteiger partial charge in [0.15, 0.2) is 5.17 Å². The number of halogens is 1. The summed E-state index contributed by atoms with van der Waals surface area (Å²) >= 11 is 5.54. The molecule has 0 aliphatic carbocycles. The molecular formula is C20H22BrN3OS. The van der Waals surface area contributed by atoms with E-state index in [2.05, 4.69) is 57.0 Å². The Morgan fingerprint density at radius 3 is 2.85 bits per heavy atom. The van der Waals surface area contributed by atoms with Gasteiger partial charge in [-0.25, -0.2) is 0 Å². The van der Waals surface area contributed by atoms with Gasteiger partial charge in [-0.05, 0) is 59.1 Å². The van der Waals surface area contributed by atoms with Crippen LogP contribution in [0.25, 0.3) is 0 Å². The van der Waals surface area contributed by atoms with Crippen molar-refractivity contribution in [2.24, 2.45) is 4.99 Å². The minimum absolute atomic E-state index is 0.0258. The van der Waals surface area contributed by atoms with Crippen molar-refractivity contribution >= 4 is 32.9 Å². The summed E-state index contributed by atoms with van der Waals surface area (Å²) in [6, 6.07) is 13.2. The topological polar surface area (TPSA) is 37.7 Å². The third kappa shape index (κ3) is 3.14. The van der Waals surface area contributed by atoms with E-state index in [-0.39, 0.29) is 12.1 Å². The zero-order valence-corrected chi connectivity index (χ0v) is 17.3. The highest BCUT2D eigenvalue weighted by Crippen LogP contribution is 2.49. The average molecular weight is 432 g/mol. The zero-order valence-electron chi connectivity index (χ0n) is 14.9. The fourth-order valence-electron chi connectivity index (χ4n) is 3.68. The molecule has 0 spiro atoms. The molecule has 0 N–H and O–H groups in total. The molecule has 6 heteroatoms. The molecule has 1 saturated heterocycles. The number of hydrogen-bond donors (Lipinski definition) is 0. The summed E-state index contributed by atoms with van der Waals surface area (Å²) in [5, 5.41) is 1.16. The van der Waals surface area contributed by atoms with E-state index < -0.39 is 0 Å². The van der Waals surface area contributed by atoms with Crippen molar-refractivity contribution in [3.63, 3.8) is 0 Å². The second kappa shape index (κ2) is 7.61. The predicted molar refractivity (Wildman–Crippen MR) is 111 cm³/mol. The average Bonchev–Trinajstić information content (AvgIpc) is 3.23. The fourth-order valence-corrected chi connectivity index (χ4v) is 5.53. The molecule has 0 amide bonds. The highest BCUT2D eigenvalue weighted by Gasteiger charge is 2.45. The van der Waals surface area contributed by atoms with Gasteiger partial charge in [-0.15, -0.1) is 0 Å². The summed E-state index contributed by atoms with van der Waals surface area (Å²) in [5.41, 5.74) is 2.27. The summed E-state index contributed by atoms with van der Waals surface area (Å²) in [5.74, 6) is 1.99. The molecule has 0 radical (unpaired) electrons. The van der Waals surface area contributed by atoms with Gasteiger partial charge in [-0.3, -0.25) is 9.98 Å². The summed E-state index contributed by atoms with van der Waals surface area (Å²) in [6.45, 7) is 4.92. The number of pyridine rings is 1. The number of thioether (sulfide) groups is 1. The minimum Gasteiger partial charge on any atom is -0.493 e. The molecule has 0 unspecified atom stereocenters. The number of aromatic nitrogens is 1. The molecule has 1 aromatic heterocycles. The number of benzene rings is 1. The number of nitrogens with zero attached hydrogens (tertiary/aromatic N) is 3. The van der Waals surface area contributed by atoms with Crippen molar-refractivity contribution in [3.05, 3.63) is 58.3 Å². The molecule has 1 fully saturated rings. The van der Waals surface area contributed by atoms with Crippen LogP contribution in [-0.2, 0) is 0 Å². The van der Waals surface area contributed by atoms with Crippen LogP contribution in [0.3, 0.4) is 0 Å². The largest absolute Gasteiger partial charge is 0.493 e. The lowest BCUT2D eigenvalue weighted by atomic mass is 9.95. The van der Waals surface area contributed by atoms with Gasteiger partial charge in [0, 0.05) is 18.0 Å². The number of rotatable bonds is 5. The third-order valence-corrected chi connectivity index (χ3v) is 6.67. The molecule has 3 heterocycles. The number of fused-ring (bicyclic) bond motifs is 1. The number of amidine groups is 1.